The van der Waals surface area contributed by atoms with Crippen LogP contribution in [0.1, 0.15) is 90.9 Å². The van der Waals surface area contributed by atoms with Gasteiger partial charge in [-0.2, -0.15) is 0 Å². The topological polar surface area (TPSA) is 96.3 Å². The Morgan fingerprint density at radius 3 is 1.23 bits per heavy atom. The number of aromatic nitrogens is 4. The second-order valence-electron chi connectivity index (χ2n) is 11.9. The Hall–Kier alpha value is -3.50. The molecule has 48 heavy (non-hydrogen) atoms. The summed E-state index contributed by atoms with van der Waals surface area (Å²) in [6, 6.07) is 19.3. The van der Waals surface area contributed by atoms with Crippen molar-refractivity contribution < 1.29 is 18.3 Å². The zero-order valence-electron chi connectivity index (χ0n) is 27.9. The summed E-state index contributed by atoms with van der Waals surface area (Å²) in [5, 5.41) is 17.2. The highest BCUT2D eigenvalue weighted by Crippen LogP contribution is 2.38. The van der Waals surface area contributed by atoms with Gasteiger partial charge in [0.25, 0.3) is 0 Å². The van der Waals surface area contributed by atoms with Crippen LogP contribution in [0.3, 0.4) is 0 Å². The Labute approximate surface area is 300 Å². The SMILES string of the molecule is CCCCCCCCOc1ccc(-c2nnc(-c3cc(Br)c(-c4nnc(-c5ccc(OCCCCCCCC)cc5)o4)cc3Br)o2)cc1. The molecule has 254 valence electrons. The lowest BCUT2D eigenvalue weighted by Crippen LogP contribution is -1.97. The van der Waals surface area contributed by atoms with Crippen molar-refractivity contribution in [3.05, 3.63) is 69.6 Å². The average molecular weight is 781 g/mol. The van der Waals surface area contributed by atoms with E-state index < -0.39 is 0 Å². The van der Waals surface area contributed by atoms with Crippen LogP contribution in [0.25, 0.3) is 45.8 Å². The number of ether oxygens (including phenoxy) is 2. The predicted molar refractivity (Wildman–Crippen MR) is 197 cm³/mol. The lowest BCUT2D eigenvalue weighted by molar-refractivity contribution is 0.304. The van der Waals surface area contributed by atoms with Crippen LogP contribution < -0.4 is 9.47 Å². The molecular weight excluding hydrogens is 736 g/mol. The fourth-order valence-electron chi connectivity index (χ4n) is 5.30. The third-order valence-corrected chi connectivity index (χ3v) is 9.42. The highest BCUT2D eigenvalue weighted by atomic mass is 79.9. The number of unbranched alkanes of at least 4 members (excludes halogenated alkanes) is 10. The van der Waals surface area contributed by atoms with Gasteiger partial charge in [0.05, 0.1) is 24.3 Å². The van der Waals surface area contributed by atoms with Crippen LogP contribution in [-0.4, -0.2) is 33.6 Å². The second kappa shape index (κ2) is 18.9. The van der Waals surface area contributed by atoms with Crippen molar-refractivity contribution in [2.75, 3.05) is 13.2 Å². The third-order valence-electron chi connectivity index (χ3n) is 8.10. The standard InChI is InChI=1S/C38H44Br2N4O4/c1-3-5-7-9-11-13-23-45-29-19-15-27(16-20-29)35-41-43-37(47-35)31-25-34(40)32(26-33(31)39)38-44-42-36(48-38)28-17-21-30(22-18-28)46-24-14-12-10-8-6-4-2/h15-22,25-26H,3-14,23-24H2,1-2H3. The maximum atomic E-state index is 6.07. The van der Waals surface area contributed by atoms with E-state index in [0.29, 0.717) is 23.6 Å². The van der Waals surface area contributed by atoms with Crippen LogP contribution in [0.4, 0.5) is 0 Å². The van der Waals surface area contributed by atoms with E-state index in [1.807, 2.05) is 60.7 Å². The molecule has 2 heterocycles. The molecule has 0 unspecified atom stereocenters. The van der Waals surface area contributed by atoms with Crippen molar-refractivity contribution in [3.8, 4) is 57.3 Å². The number of halogens is 2. The monoisotopic (exact) mass is 778 g/mol. The Morgan fingerprint density at radius 1 is 0.479 bits per heavy atom. The minimum absolute atomic E-state index is 0.387. The van der Waals surface area contributed by atoms with Gasteiger partial charge in [-0.05, 0) is 105 Å². The fourth-order valence-corrected chi connectivity index (χ4v) is 6.33. The zero-order chi connectivity index (χ0) is 33.6. The van der Waals surface area contributed by atoms with Crippen LogP contribution in [0.2, 0.25) is 0 Å². The highest BCUT2D eigenvalue weighted by molar-refractivity contribution is 9.11. The van der Waals surface area contributed by atoms with Crippen LogP contribution >= 0.6 is 31.9 Å². The molecule has 0 spiro atoms. The van der Waals surface area contributed by atoms with Gasteiger partial charge in [0.2, 0.25) is 23.6 Å². The molecule has 0 N–H and O–H groups in total. The Bertz CT molecular complexity index is 1560. The lowest BCUT2D eigenvalue weighted by Gasteiger charge is -2.07. The molecule has 0 fully saturated rings. The summed E-state index contributed by atoms with van der Waals surface area (Å²) in [5.74, 6) is 3.31. The van der Waals surface area contributed by atoms with Crippen molar-refractivity contribution >= 4 is 31.9 Å². The molecule has 3 aromatic carbocycles. The van der Waals surface area contributed by atoms with E-state index in [9.17, 15) is 0 Å². The summed E-state index contributed by atoms with van der Waals surface area (Å²) in [6.07, 6.45) is 14.9. The van der Waals surface area contributed by atoms with Gasteiger partial charge in [0.15, 0.2) is 0 Å². The van der Waals surface area contributed by atoms with Gasteiger partial charge in [0, 0.05) is 20.1 Å². The summed E-state index contributed by atoms with van der Waals surface area (Å²) in [5.41, 5.74) is 3.12. The van der Waals surface area contributed by atoms with Crippen LogP contribution in [0, 0.1) is 0 Å². The highest BCUT2D eigenvalue weighted by Gasteiger charge is 2.19. The summed E-state index contributed by atoms with van der Waals surface area (Å²) in [4.78, 5) is 0. The molecule has 5 aromatic rings. The van der Waals surface area contributed by atoms with Gasteiger partial charge >= 0.3 is 0 Å². The van der Waals surface area contributed by atoms with Gasteiger partial charge in [-0.3, -0.25) is 0 Å². The van der Waals surface area contributed by atoms with E-state index in [1.54, 1.807) is 0 Å². The maximum absolute atomic E-state index is 6.07. The van der Waals surface area contributed by atoms with Crippen molar-refractivity contribution in [2.45, 2.75) is 90.9 Å². The molecule has 0 saturated carbocycles. The first kappa shape index (κ1) is 35.8. The molecule has 8 nitrogen and oxygen atoms in total. The Kier molecular flexibility index (Phi) is 14.1. The molecule has 0 saturated heterocycles. The van der Waals surface area contributed by atoms with Gasteiger partial charge in [0.1, 0.15) is 11.5 Å². The molecule has 0 aliphatic heterocycles. The fraction of sp³-hybridized carbons (Fsp3) is 0.421. The van der Waals surface area contributed by atoms with E-state index >= 15 is 0 Å². The normalized spacial score (nSPS) is 11.2. The van der Waals surface area contributed by atoms with Gasteiger partial charge < -0.3 is 18.3 Å². The summed E-state index contributed by atoms with van der Waals surface area (Å²) >= 11 is 7.34. The van der Waals surface area contributed by atoms with E-state index in [2.05, 4.69) is 66.1 Å². The average Bonchev–Trinajstić information content (AvgIpc) is 3.80. The first-order valence-electron chi connectivity index (χ1n) is 17.2. The van der Waals surface area contributed by atoms with Gasteiger partial charge in [-0.25, -0.2) is 0 Å². The molecule has 0 atom stereocenters. The molecule has 0 radical (unpaired) electrons. The molecule has 0 aliphatic carbocycles. The summed E-state index contributed by atoms with van der Waals surface area (Å²) < 4.78 is 25.5. The molecule has 10 heteroatoms. The number of hydrogen-bond donors (Lipinski definition) is 0. The summed E-state index contributed by atoms with van der Waals surface area (Å²) in [7, 11) is 0. The van der Waals surface area contributed by atoms with E-state index in [4.69, 9.17) is 18.3 Å². The number of hydrogen-bond acceptors (Lipinski definition) is 8. The smallest absolute Gasteiger partial charge is 0.249 e. The van der Waals surface area contributed by atoms with E-state index in [1.165, 1.54) is 64.2 Å². The first-order chi connectivity index (χ1) is 23.6. The molecular formula is C38H44Br2N4O4. The van der Waals surface area contributed by atoms with E-state index in [-0.39, 0.29) is 0 Å². The lowest BCUT2D eigenvalue weighted by atomic mass is 10.1. The Morgan fingerprint density at radius 2 is 0.833 bits per heavy atom. The number of rotatable bonds is 20. The van der Waals surface area contributed by atoms with Gasteiger partial charge in [-0.1, -0.05) is 78.1 Å². The van der Waals surface area contributed by atoms with Crippen LogP contribution in [0.5, 0.6) is 11.5 Å². The quantitative estimate of drug-likeness (QED) is 0.0720. The largest absolute Gasteiger partial charge is 0.494 e. The van der Waals surface area contributed by atoms with Gasteiger partial charge in [-0.15, -0.1) is 20.4 Å². The molecule has 0 bridgehead atoms. The maximum Gasteiger partial charge on any atom is 0.249 e. The third kappa shape index (κ3) is 10.3. The Balaban J connectivity index is 1.16. The number of benzene rings is 3. The predicted octanol–water partition coefficient (Wildman–Crippen LogP) is 12.1. The second-order valence-corrected chi connectivity index (χ2v) is 13.6. The molecule has 0 aliphatic rings. The molecule has 2 aromatic heterocycles. The zero-order valence-corrected chi connectivity index (χ0v) is 31.0. The van der Waals surface area contributed by atoms with Crippen molar-refractivity contribution in [2.24, 2.45) is 0 Å². The minimum Gasteiger partial charge on any atom is -0.494 e. The van der Waals surface area contributed by atoms with Crippen molar-refractivity contribution in [1.82, 2.24) is 20.4 Å². The van der Waals surface area contributed by atoms with Crippen LogP contribution in [0.15, 0.2) is 78.4 Å². The number of nitrogens with zero attached hydrogens (tertiary/aromatic N) is 4. The molecule has 0 amide bonds. The first-order valence-corrected chi connectivity index (χ1v) is 18.8. The minimum atomic E-state index is 0.387. The summed E-state index contributed by atoms with van der Waals surface area (Å²) in [6.45, 7) is 5.92. The van der Waals surface area contributed by atoms with E-state index in [0.717, 1.165) is 68.8 Å². The molecule has 5 rings (SSSR count). The van der Waals surface area contributed by atoms with Crippen molar-refractivity contribution in [1.29, 1.82) is 0 Å². The van der Waals surface area contributed by atoms with Crippen LogP contribution in [-0.2, 0) is 0 Å². The van der Waals surface area contributed by atoms with Crippen molar-refractivity contribution in [3.63, 3.8) is 0 Å².